The first kappa shape index (κ1) is 16.9. The molecule has 0 N–H and O–H groups in total. The van der Waals surface area contributed by atoms with E-state index in [2.05, 4.69) is 45.0 Å². The van der Waals surface area contributed by atoms with E-state index >= 15 is 0 Å². The molecule has 1 amide bonds. The fraction of sp³-hybridized carbons (Fsp3) is 0.200. The van der Waals surface area contributed by atoms with Crippen LogP contribution >= 0.6 is 24.0 Å². The number of hydrogen-bond donors (Lipinski definition) is 0. The molecule has 0 aliphatic carbocycles. The molecule has 0 saturated carbocycles. The summed E-state index contributed by atoms with van der Waals surface area (Å²) in [5, 5.41) is 0. The Bertz CT molecular complexity index is 802. The average molecular weight is 354 g/mol. The lowest BCUT2D eigenvalue weighted by molar-refractivity contribution is -0.113. The number of thiocarbonyl (C=S) groups is 1. The van der Waals surface area contributed by atoms with Crippen molar-refractivity contribution in [3.05, 3.63) is 70.6 Å². The van der Waals surface area contributed by atoms with Crippen molar-refractivity contribution in [3.63, 3.8) is 0 Å². The molecule has 2 aromatic carbocycles. The summed E-state index contributed by atoms with van der Waals surface area (Å²) in [6.45, 7) is 6.56. The third-order valence-corrected chi connectivity index (χ3v) is 5.18. The molecular formula is C20H19NOS2. The Hall–Kier alpha value is -1.91. The number of carbonyl (C=O) groups is 1. The molecule has 0 aromatic heterocycles. The highest BCUT2D eigenvalue weighted by Gasteiger charge is 2.33. The monoisotopic (exact) mass is 353 g/mol. The van der Waals surface area contributed by atoms with Crippen LogP contribution in [-0.2, 0) is 10.2 Å². The molecule has 1 heterocycles. The average Bonchev–Trinajstić information content (AvgIpc) is 2.82. The van der Waals surface area contributed by atoms with E-state index in [0.29, 0.717) is 9.23 Å². The number of benzene rings is 2. The van der Waals surface area contributed by atoms with Crippen molar-refractivity contribution >= 4 is 46.0 Å². The molecule has 122 valence electrons. The molecule has 0 unspecified atom stereocenters. The third-order valence-electron chi connectivity index (χ3n) is 3.88. The van der Waals surface area contributed by atoms with Crippen LogP contribution in [0.15, 0.2) is 59.5 Å². The molecule has 24 heavy (non-hydrogen) atoms. The number of amides is 1. The molecule has 0 radical (unpaired) electrons. The zero-order valence-electron chi connectivity index (χ0n) is 13.9. The van der Waals surface area contributed by atoms with Gasteiger partial charge in [0, 0.05) is 0 Å². The van der Waals surface area contributed by atoms with Crippen LogP contribution in [0.2, 0.25) is 0 Å². The summed E-state index contributed by atoms with van der Waals surface area (Å²) >= 11 is 6.74. The summed E-state index contributed by atoms with van der Waals surface area (Å²) in [4.78, 5) is 14.9. The minimum Gasteiger partial charge on any atom is -0.268 e. The van der Waals surface area contributed by atoms with E-state index in [4.69, 9.17) is 12.2 Å². The number of carbonyl (C=O) groups excluding carboxylic acids is 1. The van der Waals surface area contributed by atoms with Crippen LogP contribution in [0, 0.1) is 0 Å². The molecule has 0 atom stereocenters. The highest BCUT2D eigenvalue weighted by atomic mass is 32.2. The largest absolute Gasteiger partial charge is 0.270 e. The second-order valence-corrected chi connectivity index (χ2v) is 8.40. The minimum atomic E-state index is -0.0592. The Morgan fingerprint density at radius 3 is 2.21 bits per heavy atom. The van der Waals surface area contributed by atoms with E-state index in [0.717, 1.165) is 11.3 Å². The molecule has 3 rings (SSSR count). The van der Waals surface area contributed by atoms with Crippen molar-refractivity contribution in [2.24, 2.45) is 0 Å². The van der Waals surface area contributed by atoms with Crippen LogP contribution in [0.4, 0.5) is 5.69 Å². The second-order valence-electron chi connectivity index (χ2n) is 6.72. The summed E-state index contributed by atoms with van der Waals surface area (Å²) in [6, 6.07) is 17.9. The first-order valence-electron chi connectivity index (χ1n) is 7.80. The SMILES string of the molecule is CC(C)(C)c1ccc(/C=C2/SC(=S)N(c3ccccc3)C2=O)cc1. The van der Waals surface area contributed by atoms with Crippen LogP contribution in [0.3, 0.4) is 0 Å². The van der Waals surface area contributed by atoms with Gasteiger partial charge in [-0.05, 0) is 34.8 Å². The van der Waals surface area contributed by atoms with E-state index in [-0.39, 0.29) is 11.3 Å². The quantitative estimate of drug-likeness (QED) is 0.533. The minimum absolute atomic E-state index is 0.0592. The Morgan fingerprint density at radius 2 is 1.62 bits per heavy atom. The highest BCUT2D eigenvalue weighted by molar-refractivity contribution is 8.27. The van der Waals surface area contributed by atoms with Crippen molar-refractivity contribution in [2.45, 2.75) is 26.2 Å². The Balaban J connectivity index is 1.87. The van der Waals surface area contributed by atoms with Crippen molar-refractivity contribution in [3.8, 4) is 0 Å². The van der Waals surface area contributed by atoms with Gasteiger partial charge in [0.1, 0.15) is 0 Å². The van der Waals surface area contributed by atoms with Gasteiger partial charge in [-0.2, -0.15) is 0 Å². The first-order valence-corrected chi connectivity index (χ1v) is 9.02. The van der Waals surface area contributed by atoms with E-state index in [1.165, 1.54) is 17.3 Å². The number of para-hydroxylation sites is 1. The molecule has 0 spiro atoms. The number of anilines is 1. The van der Waals surface area contributed by atoms with Crippen molar-refractivity contribution in [2.75, 3.05) is 4.90 Å². The fourth-order valence-electron chi connectivity index (χ4n) is 2.50. The Labute approximate surface area is 152 Å². The van der Waals surface area contributed by atoms with Crippen molar-refractivity contribution in [1.29, 1.82) is 0 Å². The lowest BCUT2D eigenvalue weighted by Gasteiger charge is -2.18. The molecular weight excluding hydrogens is 334 g/mol. The normalized spacial score (nSPS) is 17.0. The second kappa shape index (κ2) is 6.54. The van der Waals surface area contributed by atoms with Crippen LogP contribution in [0.25, 0.3) is 6.08 Å². The van der Waals surface area contributed by atoms with Gasteiger partial charge in [-0.15, -0.1) is 0 Å². The number of thioether (sulfide) groups is 1. The maximum atomic E-state index is 12.7. The zero-order valence-corrected chi connectivity index (χ0v) is 15.6. The summed E-state index contributed by atoms with van der Waals surface area (Å²) in [7, 11) is 0. The Morgan fingerprint density at radius 1 is 1.00 bits per heavy atom. The van der Waals surface area contributed by atoms with Crippen LogP contribution in [-0.4, -0.2) is 10.2 Å². The topological polar surface area (TPSA) is 20.3 Å². The smallest absolute Gasteiger partial charge is 0.268 e. The predicted octanol–water partition coefficient (Wildman–Crippen LogP) is 5.39. The maximum Gasteiger partial charge on any atom is 0.270 e. The summed E-state index contributed by atoms with van der Waals surface area (Å²) < 4.78 is 0.573. The Kier molecular flexibility index (Phi) is 4.61. The van der Waals surface area contributed by atoms with E-state index in [1.807, 2.05) is 36.4 Å². The summed E-state index contributed by atoms with van der Waals surface area (Å²) in [5.41, 5.74) is 3.22. The van der Waals surface area contributed by atoms with Crippen molar-refractivity contribution < 1.29 is 4.79 Å². The van der Waals surface area contributed by atoms with Gasteiger partial charge in [0.2, 0.25) is 0 Å². The van der Waals surface area contributed by atoms with Gasteiger partial charge in [0.15, 0.2) is 4.32 Å². The predicted molar refractivity (Wildman–Crippen MR) is 107 cm³/mol. The lowest BCUT2D eigenvalue weighted by Crippen LogP contribution is -2.27. The van der Waals surface area contributed by atoms with Crippen molar-refractivity contribution in [1.82, 2.24) is 0 Å². The van der Waals surface area contributed by atoms with Gasteiger partial charge < -0.3 is 0 Å². The fourth-order valence-corrected chi connectivity index (χ4v) is 3.80. The van der Waals surface area contributed by atoms with Gasteiger partial charge in [0.05, 0.1) is 10.6 Å². The third kappa shape index (κ3) is 3.45. The molecule has 2 nitrogen and oxygen atoms in total. The van der Waals surface area contributed by atoms with E-state index in [9.17, 15) is 4.79 Å². The lowest BCUT2D eigenvalue weighted by atomic mass is 9.87. The molecule has 1 saturated heterocycles. The molecule has 2 aromatic rings. The maximum absolute atomic E-state index is 12.7. The van der Waals surface area contributed by atoms with Crippen LogP contribution in [0.5, 0.6) is 0 Å². The zero-order chi connectivity index (χ0) is 17.3. The molecule has 1 fully saturated rings. The van der Waals surface area contributed by atoms with Crippen LogP contribution < -0.4 is 4.90 Å². The first-order chi connectivity index (χ1) is 11.4. The molecule has 1 aliphatic heterocycles. The molecule has 4 heteroatoms. The van der Waals surface area contributed by atoms with E-state index in [1.54, 1.807) is 4.90 Å². The highest BCUT2D eigenvalue weighted by Crippen LogP contribution is 2.36. The van der Waals surface area contributed by atoms with Gasteiger partial charge in [-0.3, -0.25) is 9.69 Å². The molecule has 0 bridgehead atoms. The van der Waals surface area contributed by atoms with Gasteiger partial charge in [-0.1, -0.05) is 87.2 Å². The number of nitrogens with zero attached hydrogens (tertiary/aromatic N) is 1. The summed E-state index contributed by atoms with van der Waals surface area (Å²) in [5.74, 6) is -0.0592. The van der Waals surface area contributed by atoms with Gasteiger partial charge in [-0.25, -0.2) is 0 Å². The summed E-state index contributed by atoms with van der Waals surface area (Å²) in [6.07, 6.45) is 1.91. The van der Waals surface area contributed by atoms with Gasteiger partial charge >= 0.3 is 0 Å². The number of rotatable bonds is 2. The standard InChI is InChI=1S/C20H19NOS2/c1-20(2,3)15-11-9-14(10-12-15)13-17-18(22)21(19(23)24-17)16-7-5-4-6-8-16/h4-13H,1-3H3/b17-13+. The number of hydrogen-bond acceptors (Lipinski definition) is 3. The van der Waals surface area contributed by atoms with E-state index < -0.39 is 0 Å². The molecule has 1 aliphatic rings. The van der Waals surface area contributed by atoms with Gasteiger partial charge in [0.25, 0.3) is 5.91 Å². The van der Waals surface area contributed by atoms with Crippen LogP contribution in [0.1, 0.15) is 31.9 Å².